The average Bonchev–Trinajstić information content (AvgIpc) is 3.03. The molecule has 0 aliphatic heterocycles. The van der Waals surface area contributed by atoms with Gasteiger partial charge in [-0.3, -0.25) is 20.4 Å². The van der Waals surface area contributed by atoms with E-state index in [1.54, 1.807) is 30.0 Å². The van der Waals surface area contributed by atoms with Crippen LogP contribution in [0.5, 0.6) is 0 Å². The number of hydrogen-bond acceptors (Lipinski definition) is 3. The smallest absolute Gasteiger partial charge is 0.286 e. The molecule has 0 bridgehead atoms. The quantitative estimate of drug-likeness (QED) is 0.656. The Balaban J connectivity index is 1.87. The number of amides is 2. The standard InChI is InChI=1S/C13H12BrN3O2S/c1-17-8-9(14)7-11(17)13(19)16-15-12(18)5-4-10-3-2-6-20-10/h2-8H,1H3,(H,15,18)(H,16,19)/b5-4+. The predicted octanol–water partition coefficient (Wildman–Crippen LogP) is 2.32. The maximum atomic E-state index is 11.8. The molecule has 7 heteroatoms. The fraction of sp³-hybridized carbons (Fsp3) is 0.0769. The highest BCUT2D eigenvalue weighted by Crippen LogP contribution is 2.13. The zero-order valence-electron chi connectivity index (χ0n) is 10.6. The number of carbonyl (C=O) groups is 2. The fourth-order valence-corrected chi connectivity index (χ4v) is 2.66. The van der Waals surface area contributed by atoms with Gasteiger partial charge in [0.1, 0.15) is 5.69 Å². The SMILES string of the molecule is Cn1cc(Br)cc1C(=O)NNC(=O)/C=C/c1cccs1. The van der Waals surface area contributed by atoms with Crippen molar-refractivity contribution in [2.75, 3.05) is 0 Å². The Hall–Kier alpha value is -1.86. The molecule has 0 atom stereocenters. The summed E-state index contributed by atoms with van der Waals surface area (Å²) in [6.07, 6.45) is 4.81. The number of carbonyl (C=O) groups excluding carboxylic acids is 2. The van der Waals surface area contributed by atoms with Gasteiger partial charge in [-0.05, 0) is 39.5 Å². The lowest BCUT2D eigenvalue weighted by molar-refractivity contribution is -0.117. The highest BCUT2D eigenvalue weighted by atomic mass is 79.9. The molecular formula is C13H12BrN3O2S. The van der Waals surface area contributed by atoms with Gasteiger partial charge in [0.2, 0.25) is 0 Å². The van der Waals surface area contributed by atoms with E-state index in [4.69, 9.17) is 0 Å². The lowest BCUT2D eigenvalue weighted by atomic mass is 10.4. The van der Waals surface area contributed by atoms with Gasteiger partial charge in [-0.1, -0.05) is 6.07 Å². The van der Waals surface area contributed by atoms with E-state index in [-0.39, 0.29) is 11.8 Å². The van der Waals surface area contributed by atoms with Crippen LogP contribution in [0.2, 0.25) is 0 Å². The van der Waals surface area contributed by atoms with Gasteiger partial charge < -0.3 is 4.57 Å². The number of aryl methyl sites for hydroxylation is 1. The van der Waals surface area contributed by atoms with Crippen molar-refractivity contribution >= 4 is 45.2 Å². The van der Waals surface area contributed by atoms with E-state index in [1.165, 1.54) is 17.4 Å². The highest BCUT2D eigenvalue weighted by molar-refractivity contribution is 9.10. The van der Waals surface area contributed by atoms with Gasteiger partial charge >= 0.3 is 0 Å². The van der Waals surface area contributed by atoms with Gasteiger partial charge in [-0.15, -0.1) is 11.3 Å². The number of aromatic nitrogens is 1. The minimum absolute atomic E-state index is 0.379. The summed E-state index contributed by atoms with van der Waals surface area (Å²) >= 11 is 4.81. The summed E-state index contributed by atoms with van der Waals surface area (Å²) in [5, 5.41) is 1.92. The molecule has 0 saturated heterocycles. The molecule has 0 aliphatic rings. The van der Waals surface area contributed by atoms with E-state index < -0.39 is 0 Å². The summed E-state index contributed by atoms with van der Waals surface area (Å²) < 4.78 is 2.46. The molecule has 2 aromatic heterocycles. The van der Waals surface area contributed by atoms with Crippen LogP contribution in [0.4, 0.5) is 0 Å². The van der Waals surface area contributed by atoms with Crippen molar-refractivity contribution in [2.24, 2.45) is 7.05 Å². The Morgan fingerprint density at radius 3 is 2.80 bits per heavy atom. The van der Waals surface area contributed by atoms with Crippen LogP contribution in [0, 0.1) is 0 Å². The first-order chi connectivity index (χ1) is 9.56. The first-order valence-corrected chi connectivity index (χ1v) is 7.37. The third-order valence-corrected chi connectivity index (χ3v) is 3.72. The van der Waals surface area contributed by atoms with Gasteiger partial charge in [0.05, 0.1) is 0 Å². The summed E-state index contributed by atoms with van der Waals surface area (Å²) in [4.78, 5) is 24.3. The Bertz CT molecular complexity index is 647. The predicted molar refractivity (Wildman–Crippen MR) is 82.1 cm³/mol. The van der Waals surface area contributed by atoms with Gasteiger partial charge in [-0.25, -0.2) is 0 Å². The summed E-state index contributed by atoms with van der Waals surface area (Å²) in [7, 11) is 1.75. The molecule has 2 aromatic rings. The van der Waals surface area contributed by atoms with Gasteiger partial charge in [-0.2, -0.15) is 0 Å². The van der Waals surface area contributed by atoms with E-state index in [2.05, 4.69) is 26.8 Å². The molecule has 2 N–H and O–H groups in total. The fourth-order valence-electron chi connectivity index (χ4n) is 1.52. The zero-order valence-corrected chi connectivity index (χ0v) is 13.0. The summed E-state index contributed by atoms with van der Waals surface area (Å²) in [5.74, 6) is -0.768. The van der Waals surface area contributed by atoms with Crippen LogP contribution in [0.3, 0.4) is 0 Å². The van der Waals surface area contributed by atoms with Gasteiger partial charge in [0, 0.05) is 28.7 Å². The topological polar surface area (TPSA) is 63.1 Å². The number of hydrazine groups is 1. The second kappa shape index (κ2) is 6.53. The minimum atomic E-state index is -0.389. The monoisotopic (exact) mass is 353 g/mol. The maximum Gasteiger partial charge on any atom is 0.286 e. The lowest BCUT2D eigenvalue weighted by Crippen LogP contribution is -2.41. The highest BCUT2D eigenvalue weighted by Gasteiger charge is 2.10. The van der Waals surface area contributed by atoms with E-state index >= 15 is 0 Å². The molecule has 0 saturated carbocycles. The van der Waals surface area contributed by atoms with E-state index in [0.29, 0.717) is 5.69 Å². The molecule has 104 valence electrons. The average molecular weight is 354 g/mol. The molecule has 20 heavy (non-hydrogen) atoms. The van der Waals surface area contributed by atoms with Crippen LogP contribution in [-0.2, 0) is 11.8 Å². The largest absolute Gasteiger partial charge is 0.345 e. The zero-order chi connectivity index (χ0) is 14.5. The molecule has 0 fully saturated rings. The van der Waals surface area contributed by atoms with Crippen molar-refractivity contribution in [1.29, 1.82) is 0 Å². The maximum absolute atomic E-state index is 11.8. The van der Waals surface area contributed by atoms with Crippen LogP contribution in [0.15, 0.2) is 40.3 Å². The minimum Gasteiger partial charge on any atom is -0.345 e. The van der Waals surface area contributed by atoms with Crippen LogP contribution in [-0.4, -0.2) is 16.4 Å². The second-order valence-electron chi connectivity index (χ2n) is 3.95. The van der Waals surface area contributed by atoms with Crippen molar-refractivity contribution in [3.8, 4) is 0 Å². The Morgan fingerprint density at radius 1 is 1.40 bits per heavy atom. The first-order valence-electron chi connectivity index (χ1n) is 5.70. The third kappa shape index (κ3) is 3.82. The van der Waals surface area contributed by atoms with Crippen molar-refractivity contribution in [2.45, 2.75) is 0 Å². The molecule has 0 aliphatic carbocycles. The molecule has 0 unspecified atom stereocenters. The lowest BCUT2D eigenvalue weighted by Gasteiger charge is -2.05. The third-order valence-electron chi connectivity index (χ3n) is 2.45. The Morgan fingerprint density at radius 2 is 2.20 bits per heavy atom. The second-order valence-corrected chi connectivity index (χ2v) is 5.84. The number of nitrogens with one attached hydrogen (secondary N) is 2. The number of rotatable bonds is 3. The van der Waals surface area contributed by atoms with Crippen LogP contribution >= 0.6 is 27.3 Å². The molecule has 2 heterocycles. The van der Waals surface area contributed by atoms with Crippen LogP contribution in [0.25, 0.3) is 6.08 Å². The van der Waals surface area contributed by atoms with E-state index in [1.807, 2.05) is 17.5 Å². The van der Waals surface area contributed by atoms with Gasteiger partial charge in [0.15, 0.2) is 0 Å². The molecule has 0 radical (unpaired) electrons. The van der Waals surface area contributed by atoms with Crippen LogP contribution < -0.4 is 10.9 Å². The number of hydrogen-bond donors (Lipinski definition) is 2. The van der Waals surface area contributed by atoms with E-state index in [9.17, 15) is 9.59 Å². The number of thiophene rings is 1. The summed E-state index contributed by atoms with van der Waals surface area (Å²) in [6.45, 7) is 0. The Labute approximate surface area is 128 Å². The molecule has 2 rings (SSSR count). The van der Waals surface area contributed by atoms with Gasteiger partial charge in [0.25, 0.3) is 11.8 Å². The van der Waals surface area contributed by atoms with Crippen molar-refractivity contribution in [1.82, 2.24) is 15.4 Å². The number of halogens is 1. The van der Waals surface area contributed by atoms with Crippen molar-refractivity contribution in [3.05, 3.63) is 50.9 Å². The number of nitrogens with zero attached hydrogens (tertiary/aromatic N) is 1. The molecule has 0 aromatic carbocycles. The summed E-state index contributed by atoms with van der Waals surface area (Å²) in [6, 6.07) is 5.47. The summed E-state index contributed by atoms with van der Waals surface area (Å²) in [5.41, 5.74) is 5.13. The van der Waals surface area contributed by atoms with Crippen molar-refractivity contribution < 1.29 is 9.59 Å². The molecule has 2 amide bonds. The van der Waals surface area contributed by atoms with Crippen LogP contribution in [0.1, 0.15) is 15.4 Å². The van der Waals surface area contributed by atoms with E-state index in [0.717, 1.165) is 9.35 Å². The van der Waals surface area contributed by atoms with Crippen molar-refractivity contribution in [3.63, 3.8) is 0 Å². The Kier molecular flexibility index (Phi) is 4.75. The molecule has 0 spiro atoms. The molecule has 5 nitrogen and oxygen atoms in total. The first kappa shape index (κ1) is 14.5. The molecular weight excluding hydrogens is 342 g/mol. The normalized spacial score (nSPS) is 10.7.